The molecule has 0 aromatic heterocycles. The first-order valence-corrected chi connectivity index (χ1v) is 6.43. The highest BCUT2D eigenvalue weighted by Gasteiger charge is 2.30. The van der Waals surface area contributed by atoms with Crippen molar-refractivity contribution in [3.05, 3.63) is 0 Å². The number of likely N-dealkylation sites (tertiary alicyclic amines) is 1. The van der Waals surface area contributed by atoms with Crippen LogP contribution in [0.25, 0.3) is 0 Å². The van der Waals surface area contributed by atoms with Gasteiger partial charge in [-0.25, -0.2) is 0 Å². The van der Waals surface area contributed by atoms with E-state index in [0.717, 1.165) is 45.4 Å². The second-order valence-electron chi connectivity index (χ2n) is 4.95. The molecule has 0 spiro atoms. The Morgan fingerprint density at radius 1 is 1.22 bits per heavy atom. The molecule has 0 saturated carbocycles. The van der Waals surface area contributed by atoms with E-state index in [-0.39, 0.29) is 24.0 Å². The maximum absolute atomic E-state index is 5.41. The summed E-state index contributed by atoms with van der Waals surface area (Å²) >= 11 is 0. The Bertz CT molecular complexity index is 279. The Morgan fingerprint density at radius 3 is 2.44 bits per heavy atom. The predicted octanol–water partition coefficient (Wildman–Crippen LogP) is 0.558. The van der Waals surface area contributed by atoms with Crippen molar-refractivity contribution in [1.82, 2.24) is 14.7 Å². The van der Waals surface area contributed by atoms with Crippen molar-refractivity contribution < 1.29 is 4.74 Å². The first kappa shape index (κ1) is 16.0. The third-order valence-corrected chi connectivity index (χ3v) is 3.61. The molecule has 0 amide bonds. The number of hydrogen-bond donors (Lipinski definition) is 0. The molecule has 0 aromatic carbocycles. The van der Waals surface area contributed by atoms with Crippen molar-refractivity contribution in [2.24, 2.45) is 4.99 Å². The maximum Gasteiger partial charge on any atom is 0.195 e. The topological polar surface area (TPSA) is 31.3 Å². The van der Waals surface area contributed by atoms with Crippen molar-refractivity contribution in [3.8, 4) is 0 Å². The van der Waals surface area contributed by atoms with E-state index in [1.54, 1.807) is 0 Å². The highest BCUT2D eigenvalue weighted by molar-refractivity contribution is 14.0. The number of morpholine rings is 1. The molecule has 18 heavy (non-hydrogen) atoms. The minimum atomic E-state index is 0. The Morgan fingerprint density at radius 2 is 1.89 bits per heavy atom. The molecular weight excluding hydrogens is 343 g/mol. The average Bonchev–Trinajstić information content (AvgIpc) is 2.80. The third kappa shape index (κ3) is 3.71. The molecule has 2 saturated heterocycles. The van der Waals surface area contributed by atoms with E-state index in [4.69, 9.17) is 4.74 Å². The Hall–Kier alpha value is -0.0800. The monoisotopic (exact) mass is 368 g/mol. The van der Waals surface area contributed by atoms with Gasteiger partial charge in [-0.15, -0.1) is 24.0 Å². The average molecular weight is 368 g/mol. The van der Waals surface area contributed by atoms with Crippen LogP contribution in [0.2, 0.25) is 0 Å². The van der Waals surface area contributed by atoms with Crippen LogP contribution < -0.4 is 0 Å². The van der Waals surface area contributed by atoms with E-state index >= 15 is 0 Å². The molecule has 2 fully saturated rings. The van der Waals surface area contributed by atoms with E-state index in [1.807, 2.05) is 7.05 Å². The molecule has 1 unspecified atom stereocenters. The van der Waals surface area contributed by atoms with E-state index in [1.165, 1.54) is 6.42 Å². The quantitative estimate of drug-likeness (QED) is 0.385. The second kappa shape index (κ2) is 7.49. The number of nitrogens with zero attached hydrogens (tertiary/aromatic N) is 4. The summed E-state index contributed by atoms with van der Waals surface area (Å²) in [5, 5.41) is 0. The number of guanidine groups is 1. The van der Waals surface area contributed by atoms with Crippen LogP contribution >= 0.6 is 24.0 Å². The summed E-state index contributed by atoms with van der Waals surface area (Å²) in [6, 6.07) is 0.676. The van der Waals surface area contributed by atoms with Gasteiger partial charge in [0, 0.05) is 53.4 Å². The predicted molar refractivity (Wildman–Crippen MR) is 84.8 cm³/mol. The lowest BCUT2D eigenvalue weighted by molar-refractivity contribution is 0.0194. The zero-order valence-corrected chi connectivity index (χ0v) is 14.0. The maximum atomic E-state index is 5.41. The summed E-state index contributed by atoms with van der Waals surface area (Å²) in [5.74, 6) is 1.10. The fourth-order valence-corrected chi connectivity index (χ4v) is 2.79. The van der Waals surface area contributed by atoms with Crippen molar-refractivity contribution in [2.75, 3.05) is 60.5 Å². The standard InChI is InChI=1S/C12H24N4O.HI/c1-13-12(14(2)3)16-5-4-11(10-16)15-6-8-17-9-7-15;/h11H,4-10H2,1-3H3;1H. The number of hydrogen-bond acceptors (Lipinski definition) is 3. The van der Waals surface area contributed by atoms with Gasteiger partial charge < -0.3 is 14.5 Å². The van der Waals surface area contributed by atoms with E-state index in [9.17, 15) is 0 Å². The molecule has 0 aromatic rings. The molecule has 2 aliphatic heterocycles. The number of halogens is 1. The molecule has 2 rings (SSSR count). The molecule has 0 N–H and O–H groups in total. The molecule has 0 aliphatic carbocycles. The van der Waals surface area contributed by atoms with Gasteiger partial charge in [-0.2, -0.15) is 0 Å². The third-order valence-electron chi connectivity index (χ3n) is 3.61. The molecule has 6 heteroatoms. The van der Waals surface area contributed by atoms with Gasteiger partial charge >= 0.3 is 0 Å². The van der Waals surface area contributed by atoms with Gasteiger partial charge in [-0.05, 0) is 6.42 Å². The smallest absolute Gasteiger partial charge is 0.195 e. The Labute approximate surface area is 127 Å². The summed E-state index contributed by atoms with van der Waals surface area (Å²) < 4.78 is 5.41. The summed E-state index contributed by atoms with van der Waals surface area (Å²) in [6.07, 6.45) is 1.24. The highest BCUT2D eigenvalue weighted by Crippen LogP contribution is 2.17. The van der Waals surface area contributed by atoms with Crippen LogP contribution in [-0.2, 0) is 4.74 Å². The lowest BCUT2D eigenvalue weighted by atomic mass is 10.2. The van der Waals surface area contributed by atoms with Crippen molar-refractivity contribution in [3.63, 3.8) is 0 Å². The molecular formula is C12H25IN4O. The van der Waals surface area contributed by atoms with Crippen LogP contribution in [-0.4, -0.2) is 87.2 Å². The first-order valence-electron chi connectivity index (χ1n) is 6.43. The molecule has 5 nitrogen and oxygen atoms in total. The zero-order chi connectivity index (χ0) is 12.3. The number of ether oxygens (including phenoxy) is 1. The van der Waals surface area contributed by atoms with Crippen molar-refractivity contribution in [1.29, 1.82) is 0 Å². The largest absolute Gasteiger partial charge is 0.379 e. The van der Waals surface area contributed by atoms with Gasteiger partial charge in [0.2, 0.25) is 0 Å². The Balaban J connectivity index is 0.00000162. The fourth-order valence-electron chi connectivity index (χ4n) is 2.79. The van der Waals surface area contributed by atoms with Crippen LogP contribution in [0, 0.1) is 0 Å². The molecule has 0 radical (unpaired) electrons. The lowest BCUT2D eigenvalue weighted by Gasteiger charge is -2.32. The van der Waals surface area contributed by atoms with Gasteiger partial charge in [-0.1, -0.05) is 0 Å². The second-order valence-corrected chi connectivity index (χ2v) is 4.95. The Kier molecular flexibility index (Phi) is 6.65. The van der Waals surface area contributed by atoms with Gasteiger partial charge in [0.05, 0.1) is 13.2 Å². The van der Waals surface area contributed by atoms with Crippen LogP contribution in [0.15, 0.2) is 4.99 Å². The van der Waals surface area contributed by atoms with Gasteiger partial charge in [0.15, 0.2) is 5.96 Å². The highest BCUT2D eigenvalue weighted by atomic mass is 127. The summed E-state index contributed by atoms with van der Waals surface area (Å²) in [4.78, 5) is 11.4. The normalized spacial score (nSPS) is 26.1. The molecule has 1 atom stereocenters. The fraction of sp³-hybridized carbons (Fsp3) is 0.917. The molecule has 106 valence electrons. The molecule has 0 bridgehead atoms. The summed E-state index contributed by atoms with van der Waals surface area (Å²) in [6.45, 7) is 6.16. The van der Waals surface area contributed by atoms with E-state index < -0.39 is 0 Å². The van der Waals surface area contributed by atoms with E-state index in [0.29, 0.717) is 6.04 Å². The van der Waals surface area contributed by atoms with Crippen molar-refractivity contribution in [2.45, 2.75) is 12.5 Å². The zero-order valence-electron chi connectivity index (χ0n) is 11.6. The van der Waals surface area contributed by atoms with Crippen molar-refractivity contribution >= 4 is 29.9 Å². The first-order chi connectivity index (χ1) is 8.22. The van der Waals surface area contributed by atoms with Gasteiger partial charge in [0.25, 0.3) is 0 Å². The molecule has 2 aliphatic rings. The van der Waals surface area contributed by atoms with Gasteiger partial charge in [0.1, 0.15) is 0 Å². The van der Waals surface area contributed by atoms with E-state index in [2.05, 4.69) is 33.8 Å². The molecule has 2 heterocycles. The van der Waals surface area contributed by atoms with Crippen LogP contribution in [0.1, 0.15) is 6.42 Å². The van der Waals surface area contributed by atoms with Crippen LogP contribution in [0.5, 0.6) is 0 Å². The number of aliphatic imine (C=N–C) groups is 1. The SMILES string of the molecule is CN=C(N(C)C)N1CCC(N2CCOCC2)C1.I. The number of rotatable bonds is 1. The van der Waals surface area contributed by atoms with Crippen LogP contribution in [0.3, 0.4) is 0 Å². The van der Waals surface area contributed by atoms with Gasteiger partial charge in [-0.3, -0.25) is 9.89 Å². The lowest BCUT2D eigenvalue weighted by Crippen LogP contribution is -2.46. The minimum absolute atomic E-state index is 0. The minimum Gasteiger partial charge on any atom is -0.379 e. The van der Waals surface area contributed by atoms with Crippen LogP contribution in [0.4, 0.5) is 0 Å². The summed E-state index contributed by atoms with van der Waals surface area (Å²) in [7, 11) is 5.99. The summed E-state index contributed by atoms with van der Waals surface area (Å²) in [5.41, 5.74) is 0.